The Labute approximate surface area is 218 Å². The van der Waals surface area contributed by atoms with Crippen LogP contribution in [0.5, 0.6) is 0 Å². The number of amides is 3. The van der Waals surface area contributed by atoms with Gasteiger partial charge in [0.15, 0.2) is 6.17 Å². The lowest BCUT2D eigenvalue weighted by Gasteiger charge is -2.31. The number of nitro benzene ring substituents is 1. The van der Waals surface area contributed by atoms with Crippen molar-refractivity contribution in [1.29, 1.82) is 0 Å². The third-order valence-electron chi connectivity index (χ3n) is 6.60. The Morgan fingerprint density at radius 1 is 1.13 bits per heavy atom. The molecule has 2 aromatic carbocycles. The van der Waals surface area contributed by atoms with Gasteiger partial charge in [0, 0.05) is 37.4 Å². The first-order chi connectivity index (χ1) is 18.2. The molecule has 0 aliphatic carbocycles. The van der Waals surface area contributed by atoms with Crippen molar-refractivity contribution in [1.82, 2.24) is 15.1 Å². The van der Waals surface area contributed by atoms with E-state index >= 15 is 0 Å². The van der Waals surface area contributed by atoms with Crippen molar-refractivity contribution in [3.05, 3.63) is 75.3 Å². The number of carbonyl (C=O) groups excluding carboxylic acids is 3. The Kier molecular flexibility index (Phi) is 8.01. The molecule has 0 saturated carbocycles. The molecule has 0 aromatic heterocycles. The molecule has 3 atom stereocenters. The SMILES string of the molecule is Cc1cccc(C(=O)N2CCN(C(=O)C3CCCO3)C2C(=O)NC(CC(=O)O)c2cccc([N+](=O)[O-])c2)c1. The number of nitrogens with one attached hydrogen (secondary N) is 1. The normalized spacial score (nSPS) is 19.7. The van der Waals surface area contributed by atoms with Gasteiger partial charge >= 0.3 is 5.97 Å². The lowest BCUT2D eigenvalue weighted by molar-refractivity contribution is -0.384. The van der Waals surface area contributed by atoms with E-state index in [1.165, 1.54) is 34.1 Å². The summed E-state index contributed by atoms with van der Waals surface area (Å²) in [6.07, 6.45) is -1.46. The fraction of sp³-hybridized carbons (Fsp3) is 0.385. The van der Waals surface area contributed by atoms with Gasteiger partial charge in [-0.2, -0.15) is 0 Å². The summed E-state index contributed by atoms with van der Waals surface area (Å²) in [6.45, 7) is 2.42. The standard InChI is InChI=1S/C26H28N4O8/c1-16-5-2-7-18(13-16)25(34)28-10-11-29(26(35)21-9-4-12-38-21)24(28)23(33)27-20(15-22(31)32)17-6-3-8-19(14-17)30(36)37/h2-3,5-8,13-14,20-21,24H,4,9-12,15H2,1H3,(H,27,33)(H,31,32). The number of non-ortho nitro benzene ring substituents is 1. The molecule has 0 bridgehead atoms. The van der Waals surface area contributed by atoms with Crippen LogP contribution in [0.2, 0.25) is 0 Å². The molecule has 2 aromatic rings. The summed E-state index contributed by atoms with van der Waals surface area (Å²) in [5.41, 5.74) is 1.13. The minimum Gasteiger partial charge on any atom is -0.481 e. The minimum absolute atomic E-state index is 0.0870. The summed E-state index contributed by atoms with van der Waals surface area (Å²) in [5, 5.41) is 23.3. The Balaban J connectivity index is 1.66. The molecule has 2 heterocycles. The smallest absolute Gasteiger partial charge is 0.305 e. The van der Waals surface area contributed by atoms with E-state index in [1.807, 2.05) is 13.0 Å². The molecule has 0 spiro atoms. The van der Waals surface area contributed by atoms with Crippen molar-refractivity contribution in [2.45, 2.75) is 44.5 Å². The fourth-order valence-corrected chi connectivity index (χ4v) is 4.78. The van der Waals surface area contributed by atoms with Gasteiger partial charge < -0.3 is 25.0 Å². The van der Waals surface area contributed by atoms with E-state index in [4.69, 9.17) is 4.74 Å². The average Bonchev–Trinajstić information content (AvgIpc) is 3.58. The zero-order valence-corrected chi connectivity index (χ0v) is 20.7. The van der Waals surface area contributed by atoms with Gasteiger partial charge in [-0.1, -0.05) is 29.8 Å². The highest BCUT2D eigenvalue weighted by molar-refractivity contribution is 6.00. The highest BCUT2D eigenvalue weighted by atomic mass is 16.6. The molecular weight excluding hydrogens is 496 g/mol. The van der Waals surface area contributed by atoms with Crippen LogP contribution in [0.4, 0.5) is 5.69 Å². The number of benzene rings is 2. The first kappa shape index (κ1) is 26.7. The number of ether oxygens (including phenoxy) is 1. The van der Waals surface area contributed by atoms with E-state index < -0.39 is 53.3 Å². The van der Waals surface area contributed by atoms with Crippen LogP contribution in [-0.4, -0.2) is 75.5 Å². The number of hydrogen-bond acceptors (Lipinski definition) is 7. The number of rotatable bonds is 8. The third-order valence-corrected chi connectivity index (χ3v) is 6.60. The zero-order valence-electron chi connectivity index (χ0n) is 20.7. The van der Waals surface area contributed by atoms with Gasteiger partial charge in [0.2, 0.25) is 0 Å². The number of carboxylic acids is 1. The van der Waals surface area contributed by atoms with Crippen LogP contribution in [0.15, 0.2) is 48.5 Å². The van der Waals surface area contributed by atoms with Gasteiger partial charge in [-0.3, -0.25) is 29.3 Å². The number of aliphatic carboxylic acids is 1. The maximum absolute atomic E-state index is 13.7. The molecule has 3 amide bonds. The number of nitro groups is 1. The minimum atomic E-state index is -1.35. The second-order valence-electron chi connectivity index (χ2n) is 9.29. The number of carbonyl (C=O) groups is 4. The molecular formula is C26H28N4O8. The van der Waals surface area contributed by atoms with E-state index in [0.29, 0.717) is 25.0 Å². The molecule has 0 radical (unpaired) electrons. The van der Waals surface area contributed by atoms with Crippen LogP contribution >= 0.6 is 0 Å². The van der Waals surface area contributed by atoms with Gasteiger partial charge in [0.25, 0.3) is 23.4 Å². The van der Waals surface area contributed by atoms with E-state index in [2.05, 4.69) is 5.32 Å². The highest BCUT2D eigenvalue weighted by Gasteiger charge is 2.45. The van der Waals surface area contributed by atoms with Gasteiger partial charge in [0.05, 0.1) is 17.4 Å². The molecule has 12 nitrogen and oxygen atoms in total. The second-order valence-corrected chi connectivity index (χ2v) is 9.29. The number of carboxylic acid groups (broad SMARTS) is 1. The summed E-state index contributed by atoms with van der Waals surface area (Å²) in [5.74, 6) is -2.89. The Morgan fingerprint density at radius 3 is 2.53 bits per heavy atom. The predicted molar refractivity (Wildman–Crippen MR) is 133 cm³/mol. The molecule has 200 valence electrons. The van der Waals surface area contributed by atoms with E-state index in [-0.39, 0.29) is 24.3 Å². The molecule has 38 heavy (non-hydrogen) atoms. The van der Waals surface area contributed by atoms with E-state index in [1.54, 1.807) is 18.2 Å². The zero-order chi connectivity index (χ0) is 27.4. The molecule has 2 aliphatic heterocycles. The van der Waals surface area contributed by atoms with Crippen molar-refractivity contribution >= 4 is 29.4 Å². The summed E-state index contributed by atoms with van der Waals surface area (Å²) < 4.78 is 5.52. The molecule has 3 unspecified atom stereocenters. The summed E-state index contributed by atoms with van der Waals surface area (Å²) in [6, 6.07) is 11.0. The molecule has 2 saturated heterocycles. The summed E-state index contributed by atoms with van der Waals surface area (Å²) in [7, 11) is 0. The van der Waals surface area contributed by atoms with Crippen LogP contribution in [0, 0.1) is 17.0 Å². The monoisotopic (exact) mass is 524 g/mol. The Hall–Kier alpha value is -4.32. The largest absolute Gasteiger partial charge is 0.481 e. The first-order valence-electron chi connectivity index (χ1n) is 12.2. The Morgan fingerprint density at radius 2 is 1.87 bits per heavy atom. The van der Waals surface area contributed by atoms with Gasteiger partial charge in [-0.25, -0.2) is 0 Å². The van der Waals surface area contributed by atoms with Crippen LogP contribution in [-0.2, 0) is 19.1 Å². The summed E-state index contributed by atoms with van der Waals surface area (Å²) >= 11 is 0. The van der Waals surface area contributed by atoms with Gasteiger partial charge in [-0.05, 0) is 37.5 Å². The lowest BCUT2D eigenvalue weighted by Crippen LogP contribution is -2.56. The van der Waals surface area contributed by atoms with Crippen molar-refractivity contribution in [2.75, 3.05) is 19.7 Å². The second kappa shape index (κ2) is 11.4. The van der Waals surface area contributed by atoms with Crippen molar-refractivity contribution in [2.24, 2.45) is 0 Å². The average molecular weight is 525 g/mol. The fourth-order valence-electron chi connectivity index (χ4n) is 4.78. The van der Waals surface area contributed by atoms with Crippen LogP contribution in [0.1, 0.15) is 46.8 Å². The number of aryl methyl sites for hydroxylation is 1. The van der Waals surface area contributed by atoms with E-state index in [9.17, 15) is 34.4 Å². The van der Waals surface area contributed by atoms with Crippen LogP contribution in [0.25, 0.3) is 0 Å². The highest BCUT2D eigenvalue weighted by Crippen LogP contribution is 2.26. The molecule has 2 aliphatic rings. The molecule has 4 rings (SSSR count). The van der Waals surface area contributed by atoms with Crippen molar-refractivity contribution < 1.29 is 33.9 Å². The molecule has 2 fully saturated rings. The van der Waals surface area contributed by atoms with Crippen molar-refractivity contribution in [3.63, 3.8) is 0 Å². The van der Waals surface area contributed by atoms with E-state index in [0.717, 1.165) is 5.56 Å². The molecule has 12 heteroatoms. The number of nitrogens with zero attached hydrogens (tertiary/aromatic N) is 3. The summed E-state index contributed by atoms with van der Waals surface area (Å²) in [4.78, 5) is 65.3. The van der Waals surface area contributed by atoms with Crippen LogP contribution < -0.4 is 5.32 Å². The Bertz CT molecular complexity index is 1260. The topological polar surface area (TPSA) is 159 Å². The number of hydrogen-bond donors (Lipinski definition) is 2. The third kappa shape index (κ3) is 5.80. The maximum atomic E-state index is 13.7. The lowest BCUT2D eigenvalue weighted by atomic mass is 10.0. The predicted octanol–water partition coefficient (Wildman–Crippen LogP) is 2.02. The quantitative estimate of drug-likeness (QED) is 0.392. The van der Waals surface area contributed by atoms with Crippen molar-refractivity contribution in [3.8, 4) is 0 Å². The van der Waals surface area contributed by atoms with Gasteiger partial charge in [0.1, 0.15) is 6.10 Å². The van der Waals surface area contributed by atoms with Crippen LogP contribution in [0.3, 0.4) is 0 Å². The first-order valence-corrected chi connectivity index (χ1v) is 12.2. The molecule has 2 N–H and O–H groups in total. The van der Waals surface area contributed by atoms with Gasteiger partial charge in [-0.15, -0.1) is 0 Å². The maximum Gasteiger partial charge on any atom is 0.305 e.